The van der Waals surface area contributed by atoms with E-state index >= 15 is 0 Å². The molecular formula is C24H20S2. The number of benzene rings is 4. The lowest BCUT2D eigenvalue weighted by Gasteiger charge is -2.10. The SMILES string of the molecule is c1ccc(CSc2cccc3c(SCc4ccccc4)cccc23)cc1. The Bertz CT molecular complexity index is 896. The van der Waals surface area contributed by atoms with Crippen LogP contribution in [0.15, 0.2) is 107 Å². The Kier molecular flexibility index (Phi) is 5.63. The zero-order chi connectivity index (χ0) is 17.6. The highest BCUT2D eigenvalue weighted by atomic mass is 32.2. The van der Waals surface area contributed by atoms with Crippen LogP contribution in [0, 0.1) is 0 Å². The predicted octanol–water partition coefficient (Wildman–Crippen LogP) is 7.42. The molecule has 0 saturated carbocycles. The molecule has 0 aliphatic rings. The third-order valence-corrected chi connectivity index (χ3v) is 6.61. The molecule has 0 N–H and O–H groups in total. The van der Waals surface area contributed by atoms with Crippen molar-refractivity contribution in [1.82, 2.24) is 0 Å². The van der Waals surface area contributed by atoms with Crippen LogP contribution in [0.5, 0.6) is 0 Å². The van der Waals surface area contributed by atoms with E-state index in [9.17, 15) is 0 Å². The van der Waals surface area contributed by atoms with Gasteiger partial charge in [-0.3, -0.25) is 0 Å². The van der Waals surface area contributed by atoms with Crippen molar-refractivity contribution in [2.45, 2.75) is 21.3 Å². The maximum Gasteiger partial charge on any atom is 0.0232 e. The Morgan fingerprint density at radius 1 is 0.423 bits per heavy atom. The van der Waals surface area contributed by atoms with E-state index < -0.39 is 0 Å². The zero-order valence-corrected chi connectivity index (χ0v) is 16.1. The Hall–Kier alpha value is -2.16. The second kappa shape index (κ2) is 8.48. The summed E-state index contributed by atoms with van der Waals surface area (Å²) >= 11 is 3.83. The van der Waals surface area contributed by atoms with Gasteiger partial charge in [-0.2, -0.15) is 0 Å². The van der Waals surface area contributed by atoms with E-state index in [1.54, 1.807) is 0 Å². The van der Waals surface area contributed by atoms with Crippen LogP contribution in [-0.4, -0.2) is 0 Å². The molecule has 0 heterocycles. The van der Waals surface area contributed by atoms with Crippen molar-refractivity contribution in [3.8, 4) is 0 Å². The van der Waals surface area contributed by atoms with E-state index in [2.05, 4.69) is 97.1 Å². The molecule has 0 nitrogen and oxygen atoms in total. The Balaban J connectivity index is 1.56. The van der Waals surface area contributed by atoms with Crippen molar-refractivity contribution in [2.75, 3.05) is 0 Å². The summed E-state index contributed by atoms with van der Waals surface area (Å²) < 4.78 is 0. The number of hydrogen-bond acceptors (Lipinski definition) is 2. The van der Waals surface area contributed by atoms with Gasteiger partial charge in [-0.25, -0.2) is 0 Å². The molecule has 0 aliphatic heterocycles. The molecule has 0 fully saturated rings. The minimum absolute atomic E-state index is 1.00. The molecular weight excluding hydrogens is 352 g/mol. The van der Waals surface area contributed by atoms with Crippen LogP contribution in [0.3, 0.4) is 0 Å². The summed E-state index contributed by atoms with van der Waals surface area (Å²) in [7, 11) is 0. The summed E-state index contributed by atoms with van der Waals surface area (Å²) in [6, 6.07) is 34.7. The average Bonchev–Trinajstić information content (AvgIpc) is 2.72. The molecule has 0 atom stereocenters. The minimum atomic E-state index is 1.00. The molecule has 4 aromatic rings. The Labute approximate surface area is 163 Å². The van der Waals surface area contributed by atoms with Crippen molar-refractivity contribution >= 4 is 34.3 Å². The Morgan fingerprint density at radius 3 is 1.27 bits per heavy atom. The smallest absolute Gasteiger partial charge is 0.0232 e. The first-order valence-electron chi connectivity index (χ1n) is 8.75. The summed E-state index contributed by atoms with van der Waals surface area (Å²) in [5, 5.41) is 2.71. The zero-order valence-electron chi connectivity index (χ0n) is 14.5. The molecule has 0 radical (unpaired) electrons. The standard InChI is InChI=1S/C24H20S2/c1-3-9-19(10-4-1)17-25-23-15-7-14-22-21(23)13-8-16-24(22)26-18-20-11-5-2-6-12-20/h1-16H,17-18H2. The summed E-state index contributed by atoms with van der Waals surface area (Å²) in [4.78, 5) is 2.71. The lowest BCUT2D eigenvalue weighted by molar-refractivity contribution is 1.38. The minimum Gasteiger partial charge on any atom is -0.121 e. The highest BCUT2D eigenvalue weighted by molar-refractivity contribution is 7.99. The molecule has 26 heavy (non-hydrogen) atoms. The molecule has 4 rings (SSSR count). The molecule has 0 bridgehead atoms. The average molecular weight is 373 g/mol. The van der Waals surface area contributed by atoms with Gasteiger partial charge in [0.1, 0.15) is 0 Å². The van der Waals surface area contributed by atoms with Crippen LogP contribution in [0.25, 0.3) is 10.8 Å². The monoisotopic (exact) mass is 372 g/mol. The van der Waals surface area contributed by atoms with E-state index in [1.165, 1.54) is 31.7 Å². The summed E-state index contributed by atoms with van der Waals surface area (Å²) in [6.45, 7) is 0. The second-order valence-corrected chi connectivity index (χ2v) is 8.19. The van der Waals surface area contributed by atoms with Gasteiger partial charge in [0.05, 0.1) is 0 Å². The van der Waals surface area contributed by atoms with Gasteiger partial charge in [-0.05, 0) is 34.0 Å². The maximum absolute atomic E-state index is 2.25. The topological polar surface area (TPSA) is 0 Å². The van der Waals surface area contributed by atoms with Crippen LogP contribution in [0.4, 0.5) is 0 Å². The third kappa shape index (κ3) is 4.14. The summed E-state index contributed by atoms with van der Waals surface area (Å²) in [5.74, 6) is 2.00. The molecule has 0 aromatic heterocycles. The van der Waals surface area contributed by atoms with Gasteiger partial charge in [0.25, 0.3) is 0 Å². The second-order valence-electron chi connectivity index (χ2n) is 6.16. The van der Waals surface area contributed by atoms with E-state index in [1.807, 2.05) is 23.5 Å². The number of hydrogen-bond donors (Lipinski definition) is 0. The van der Waals surface area contributed by atoms with E-state index in [4.69, 9.17) is 0 Å². The molecule has 0 spiro atoms. The van der Waals surface area contributed by atoms with Crippen molar-refractivity contribution in [3.63, 3.8) is 0 Å². The molecule has 128 valence electrons. The van der Waals surface area contributed by atoms with Gasteiger partial charge in [-0.1, -0.05) is 84.9 Å². The summed E-state index contributed by atoms with van der Waals surface area (Å²) in [6.07, 6.45) is 0. The van der Waals surface area contributed by atoms with Crippen molar-refractivity contribution in [2.24, 2.45) is 0 Å². The fraction of sp³-hybridized carbons (Fsp3) is 0.0833. The quantitative estimate of drug-likeness (QED) is 0.323. The van der Waals surface area contributed by atoms with Gasteiger partial charge < -0.3 is 0 Å². The van der Waals surface area contributed by atoms with E-state index in [-0.39, 0.29) is 0 Å². The van der Waals surface area contributed by atoms with Gasteiger partial charge in [0.15, 0.2) is 0 Å². The van der Waals surface area contributed by atoms with Crippen LogP contribution < -0.4 is 0 Å². The fourth-order valence-corrected chi connectivity index (χ4v) is 5.02. The largest absolute Gasteiger partial charge is 0.121 e. The lowest BCUT2D eigenvalue weighted by Crippen LogP contribution is -1.85. The molecule has 0 unspecified atom stereocenters. The molecule has 0 amide bonds. The highest BCUT2D eigenvalue weighted by Gasteiger charge is 2.07. The first-order valence-corrected chi connectivity index (χ1v) is 10.7. The van der Waals surface area contributed by atoms with Gasteiger partial charge in [0.2, 0.25) is 0 Å². The number of thioether (sulfide) groups is 2. The third-order valence-electron chi connectivity index (χ3n) is 4.32. The van der Waals surface area contributed by atoms with Crippen molar-refractivity contribution in [1.29, 1.82) is 0 Å². The van der Waals surface area contributed by atoms with Crippen LogP contribution in [0.2, 0.25) is 0 Å². The van der Waals surface area contributed by atoms with Gasteiger partial charge in [0, 0.05) is 21.3 Å². The predicted molar refractivity (Wildman–Crippen MR) is 116 cm³/mol. The maximum atomic E-state index is 2.25. The van der Waals surface area contributed by atoms with Gasteiger partial charge in [-0.15, -0.1) is 23.5 Å². The fourth-order valence-electron chi connectivity index (χ4n) is 2.97. The van der Waals surface area contributed by atoms with Crippen molar-refractivity contribution < 1.29 is 0 Å². The molecule has 0 saturated heterocycles. The van der Waals surface area contributed by atoms with E-state index in [0.717, 1.165) is 11.5 Å². The lowest BCUT2D eigenvalue weighted by atomic mass is 10.1. The van der Waals surface area contributed by atoms with E-state index in [0.29, 0.717) is 0 Å². The normalized spacial score (nSPS) is 10.9. The molecule has 0 aliphatic carbocycles. The molecule has 2 heteroatoms. The van der Waals surface area contributed by atoms with Crippen LogP contribution in [-0.2, 0) is 11.5 Å². The Morgan fingerprint density at radius 2 is 0.846 bits per heavy atom. The van der Waals surface area contributed by atoms with Crippen LogP contribution in [0.1, 0.15) is 11.1 Å². The summed E-state index contributed by atoms with van der Waals surface area (Å²) in [5.41, 5.74) is 2.73. The first kappa shape index (κ1) is 17.3. The molecule has 4 aromatic carbocycles. The number of rotatable bonds is 6. The number of fused-ring (bicyclic) bond motifs is 1. The van der Waals surface area contributed by atoms with Gasteiger partial charge >= 0.3 is 0 Å². The van der Waals surface area contributed by atoms with Crippen LogP contribution >= 0.6 is 23.5 Å². The first-order chi connectivity index (χ1) is 12.9. The highest BCUT2D eigenvalue weighted by Crippen LogP contribution is 2.36. The van der Waals surface area contributed by atoms with Crippen molar-refractivity contribution in [3.05, 3.63) is 108 Å².